The molecule has 1 N–H and O–H groups in total. The summed E-state index contributed by atoms with van der Waals surface area (Å²) in [5, 5.41) is 0. The van der Waals surface area contributed by atoms with Crippen molar-refractivity contribution >= 4 is 33.0 Å². The Morgan fingerprint density at radius 2 is 1.88 bits per heavy atom. The van der Waals surface area contributed by atoms with Crippen LogP contribution < -0.4 is 4.72 Å². The third kappa shape index (κ3) is 2.26. The number of fused-ring (bicyclic) bond motifs is 1. The number of sulfonamides is 1. The van der Waals surface area contributed by atoms with Crippen LogP contribution in [0.25, 0.3) is 0 Å². The molecule has 2 fully saturated rings. The zero-order chi connectivity index (χ0) is 12.0. The van der Waals surface area contributed by atoms with E-state index in [1.807, 2.05) is 0 Å². The van der Waals surface area contributed by atoms with Gasteiger partial charge in [0, 0.05) is 6.04 Å². The average molecular weight is 292 g/mol. The van der Waals surface area contributed by atoms with Crippen LogP contribution in [0.3, 0.4) is 0 Å². The molecule has 0 saturated heterocycles. The average Bonchev–Trinajstić information content (AvgIpc) is 2.77. The predicted molar refractivity (Wildman–Crippen MR) is 68.9 cm³/mol. The molecule has 2 saturated carbocycles. The fourth-order valence-electron chi connectivity index (χ4n) is 2.85. The molecule has 2 aliphatic rings. The fourth-order valence-corrected chi connectivity index (χ4v) is 5.68. The SMILES string of the molecule is O=S(=O)(NC1C2CCCCC21)c1ccc(Cl)s1. The van der Waals surface area contributed by atoms with Gasteiger partial charge in [0.15, 0.2) is 0 Å². The van der Waals surface area contributed by atoms with Gasteiger partial charge >= 0.3 is 0 Å². The van der Waals surface area contributed by atoms with Crippen molar-refractivity contribution in [1.82, 2.24) is 4.72 Å². The number of nitrogens with one attached hydrogen (secondary N) is 1. The quantitative estimate of drug-likeness (QED) is 0.931. The van der Waals surface area contributed by atoms with E-state index in [9.17, 15) is 8.42 Å². The molecule has 3 rings (SSSR count). The monoisotopic (exact) mass is 291 g/mol. The second-order valence-corrected chi connectivity index (χ2v) is 8.47. The minimum atomic E-state index is -3.35. The van der Waals surface area contributed by atoms with Gasteiger partial charge in [0.1, 0.15) is 4.21 Å². The molecule has 0 spiro atoms. The Morgan fingerprint density at radius 1 is 1.24 bits per heavy atom. The standard InChI is InChI=1S/C11H14ClNO2S2/c12-9-5-6-10(16-9)17(14,15)13-11-7-3-1-2-4-8(7)11/h5-8,11,13H,1-4H2. The fraction of sp³-hybridized carbons (Fsp3) is 0.636. The zero-order valence-corrected chi connectivity index (χ0v) is 11.6. The van der Waals surface area contributed by atoms with Gasteiger partial charge in [-0.25, -0.2) is 13.1 Å². The van der Waals surface area contributed by atoms with E-state index in [0.29, 0.717) is 20.4 Å². The molecule has 1 aromatic rings. The summed E-state index contributed by atoms with van der Waals surface area (Å²) in [6.45, 7) is 0. The molecule has 0 aliphatic heterocycles. The smallest absolute Gasteiger partial charge is 0.207 e. The van der Waals surface area contributed by atoms with E-state index in [1.165, 1.54) is 25.7 Å². The molecule has 0 amide bonds. The van der Waals surface area contributed by atoms with E-state index < -0.39 is 10.0 Å². The summed E-state index contributed by atoms with van der Waals surface area (Å²) in [4.78, 5) is 0. The van der Waals surface area contributed by atoms with Crippen molar-refractivity contribution in [2.45, 2.75) is 35.9 Å². The maximum absolute atomic E-state index is 12.1. The number of thiophene rings is 1. The first-order valence-corrected chi connectivity index (χ1v) is 8.53. The number of halogens is 1. The number of rotatable bonds is 3. The van der Waals surface area contributed by atoms with Gasteiger partial charge in [0.05, 0.1) is 4.34 Å². The molecular weight excluding hydrogens is 278 g/mol. The molecule has 94 valence electrons. The van der Waals surface area contributed by atoms with E-state index in [2.05, 4.69) is 4.72 Å². The van der Waals surface area contributed by atoms with Crippen LogP contribution >= 0.6 is 22.9 Å². The lowest BCUT2D eigenvalue weighted by atomic mass is 10.0. The van der Waals surface area contributed by atoms with Crippen LogP contribution in [0.4, 0.5) is 0 Å². The first kappa shape index (κ1) is 12.0. The molecule has 0 radical (unpaired) electrons. The highest BCUT2D eigenvalue weighted by Gasteiger charge is 2.52. The van der Waals surface area contributed by atoms with Gasteiger partial charge in [-0.15, -0.1) is 11.3 Å². The Bertz CT molecular complexity index is 513. The van der Waals surface area contributed by atoms with E-state index in [4.69, 9.17) is 11.6 Å². The summed E-state index contributed by atoms with van der Waals surface area (Å²) >= 11 is 6.88. The van der Waals surface area contributed by atoms with Gasteiger partial charge in [-0.1, -0.05) is 24.4 Å². The second kappa shape index (κ2) is 4.23. The van der Waals surface area contributed by atoms with Crippen molar-refractivity contribution in [2.75, 3.05) is 0 Å². The number of hydrogen-bond acceptors (Lipinski definition) is 3. The van der Waals surface area contributed by atoms with Crippen molar-refractivity contribution in [2.24, 2.45) is 11.8 Å². The zero-order valence-electron chi connectivity index (χ0n) is 9.23. The molecule has 6 heteroatoms. The summed E-state index contributed by atoms with van der Waals surface area (Å²) in [7, 11) is -3.35. The van der Waals surface area contributed by atoms with Crippen LogP contribution in [-0.4, -0.2) is 14.5 Å². The summed E-state index contributed by atoms with van der Waals surface area (Å²) in [6, 6.07) is 3.37. The van der Waals surface area contributed by atoms with E-state index >= 15 is 0 Å². The third-order valence-corrected chi connectivity index (χ3v) is 6.94. The van der Waals surface area contributed by atoms with Crippen LogP contribution in [0.15, 0.2) is 16.3 Å². The lowest BCUT2D eigenvalue weighted by molar-refractivity contribution is 0.480. The molecule has 0 bridgehead atoms. The molecule has 17 heavy (non-hydrogen) atoms. The lowest BCUT2D eigenvalue weighted by Gasteiger charge is -2.04. The number of hydrogen-bond donors (Lipinski definition) is 1. The minimum Gasteiger partial charge on any atom is -0.207 e. The Hall–Kier alpha value is -0.100. The summed E-state index contributed by atoms with van der Waals surface area (Å²) in [5.41, 5.74) is 0. The van der Waals surface area contributed by atoms with Crippen molar-refractivity contribution in [1.29, 1.82) is 0 Å². The van der Waals surface area contributed by atoms with Crippen LogP contribution in [0, 0.1) is 11.8 Å². The topological polar surface area (TPSA) is 46.2 Å². The molecule has 2 aliphatic carbocycles. The molecule has 1 aromatic heterocycles. The van der Waals surface area contributed by atoms with Gasteiger partial charge in [0.25, 0.3) is 0 Å². The first-order valence-electron chi connectivity index (χ1n) is 5.85. The maximum atomic E-state index is 12.1. The van der Waals surface area contributed by atoms with Crippen LogP contribution in [0.2, 0.25) is 4.34 Å². The minimum absolute atomic E-state index is 0.170. The van der Waals surface area contributed by atoms with Crippen molar-refractivity contribution in [3.05, 3.63) is 16.5 Å². The largest absolute Gasteiger partial charge is 0.250 e. The Labute approximate surface area is 110 Å². The van der Waals surface area contributed by atoms with Crippen molar-refractivity contribution in [3.8, 4) is 0 Å². The van der Waals surface area contributed by atoms with E-state index in [-0.39, 0.29) is 6.04 Å². The normalized spacial score (nSPS) is 32.2. The molecular formula is C11H14ClNO2S2. The second-order valence-electron chi connectivity index (χ2n) is 4.82. The molecule has 1 heterocycles. The molecule has 3 nitrogen and oxygen atoms in total. The van der Waals surface area contributed by atoms with Gasteiger partial charge in [-0.3, -0.25) is 0 Å². The molecule has 2 unspecified atom stereocenters. The Morgan fingerprint density at radius 3 is 2.41 bits per heavy atom. The van der Waals surface area contributed by atoms with E-state index in [1.54, 1.807) is 12.1 Å². The molecule has 2 atom stereocenters. The third-order valence-electron chi connectivity index (χ3n) is 3.76. The molecule has 0 aromatic carbocycles. The van der Waals surface area contributed by atoms with Gasteiger partial charge in [-0.2, -0.15) is 0 Å². The highest BCUT2D eigenvalue weighted by atomic mass is 35.5. The van der Waals surface area contributed by atoms with Crippen LogP contribution in [0.5, 0.6) is 0 Å². The summed E-state index contributed by atoms with van der Waals surface area (Å²) in [5.74, 6) is 1.16. The van der Waals surface area contributed by atoms with Gasteiger partial charge in [-0.05, 0) is 36.8 Å². The highest BCUT2D eigenvalue weighted by molar-refractivity contribution is 7.91. The summed E-state index contributed by atoms with van der Waals surface area (Å²) in [6.07, 6.45) is 4.82. The Kier molecular flexibility index (Phi) is 2.97. The lowest BCUT2D eigenvalue weighted by Crippen LogP contribution is -2.27. The van der Waals surface area contributed by atoms with Gasteiger partial charge in [0.2, 0.25) is 10.0 Å². The highest BCUT2D eigenvalue weighted by Crippen LogP contribution is 2.50. The first-order chi connectivity index (χ1) is 8.08. The van der Waals surface area contributed by atoms with Crippen molar-refractivity contribution in [3.63, 3.8) is 0 Å². The van der Waals surface area contributed by atoms with Crippen LogP contribution in [0.1, 0.15) is 25.7 Å². The summed E-state index contributed by atoms with van der Waals surface area (Å²) < 4.78 is 27.8. The van der Waals surface area contributed by atoms with Crippen LogP contribution in [-0.2, 0) is 10.0 Å². The van der Waals surface area contributed by atoms with Crippen molar-refractivity contribution < 1.29 is 8.42 Å². The van der Waals surface area contributed by atoms with Gasteiger partial charge < -0.3 is 0 Å². The Balaban J connectivity index is 1.73. The maximum Gasteiger partial charge on any atom is 0.250 e. The van der Waals surface area contributed by atoms with E-state index in [0.717, 1.165) is 11.3 Å². The predicted octanol–water partition coefficient (Wildman–Crippen LogP) is 2.87.